The number of likely N-dealkylation sites (tertiary alicyclic amines) is 1. The first-order chi connectivity index (χ1) is 11.6. The molecule has 1 N–H and O–H groups in total. The number of halogens is 2. The molecule has 1 aliphatic heterocycles. The van der Waals surface area contributed by atoms with Crippen LogP contribution in [0.15, 0.2) is 18.2 Å². The van der Waals surface area contributed by atoms with Gasteiger partial charge in [-0.3, -0.25) is 9.59 Å². The Bertz CT molecular complexity index is 631. The zero-order chi connectivity index (χ0) is 17.1. The van der Waals surface area contributed by atoms with Gasteiger partial charge in [0.2, 0.25) is 11.8 Å². The van der Waals surface area contributed by atoms with Crippen LogP contribution in [0.5, 0.6) is 0 Å². The number of hydrogen-bond acceptors (Lipinski definition) is 2. The van der Waals surface area contributed by atoms with Gasteiger partial charge in [0.1, 0.15) is 0 Å². The molecule has 1 saturated heterocycles. The number of benzene rings is 1. The Morgan fingerprint density at radius 3 is 2.67 bits per heavy atom. The van der Waals surface area contributed by atoms with Crippen molar-refractivity contribution in [3.8, 4) is 0 Å². The Morgan fingerprint density at radius 2 is 1.96 bits per heavy atom. The van der Waals surface area contributed by atoms with E-state index in [0.29, 0.717) is 29.4 Å². The third kappa shape index (κ3) is 4.22. The van der Waals surface area contributed by atoms with Crippen LogP contribution in [0.25, 0.3) is 0 Å². The highest BCUT2D eigenvalue weighted by atomic mass is 35.5. The summed E-state index contributed by atoms with van der Waals surface area (Å²) in [5, 5.41) is 3.96. The minimum atomic E-state index is 0.0771. The average molecular weight is 369 g/mol. The third-order valence-corrected chi connectivity index (χ3v) is 5.46. The molecule has 0 aromatic heterocycles. The predicted molar refractivity (Wildman–Crippen MR) is 95.1 cm³/mol. The first-order valence-electron chi connectivity index (χ1n) is 8.58. The third-order valence-electron chi connectivity index (χ3n) is 4.72. The first-order valence-corrected chi connectivity index (χ1v) is 9.34. The van der Waals surface area contributed by atoms with Crippen LogP contribution in [0.1, 0.15) is 50.1 Å². The molecule has 1 atom stereocenters. The van der Waals surface area contributed by atoms with Gasteiger partial charge in [-0.2, -0.15) is 0 Å². The van der Waals surface area contributed by atoms with E-state index in [0.717, 1.165) is 37.8 Å². The summed E-state index contributed by atoms with van der Waals surface area (Å²) in [6, 6.07) is 5.66. The van der Waals surface area contributed by atoms with Gasteiger partial charge in [-0.05, 0) is 49.8 Å². The van der Waals surface area contributed by atoms with E-state index < -0.39 is 0 Å². The molecule has 1 aliphatic carbocycles. The van der Waals surface area contributed by atoms with Crippen molar-refractivity contribution in [1.82, 2.24) is 10.2 Å². The van der Waals surface area contributed by atoms with Gasteiger partial charge >= 0.3 is 0 Å². The quantitative estimate of drug-likeness (QED) is 0.772. The van der Waals surface area contributed by atoms with E-state index in [2.05, 4.69) is 5.32 Å². The highest BCUT2D eigenvalue weighted by molar-refractivity contribution is 6.42. The Balaban J connectivity index is 1.51. The molecule has 0 spiro atoms. The zero-order valence-corrected chi connectivity index (χ0v) is 15.1. The van der Waals surface area contributed by atoms with Gasteiger partial charge in [-0.1, -0.05) is 29.3 Å². The van der Waals surface area contributed by atoms with E-state index in [9.17, 15) is 9.59 Å². The number of hydrogen-bond donors (Lipinski definition) is 1. The molecule has 2 fully saturated rings. The van der Waals surface area contributed by atoms with Crippen molar-refractivity contribution < 1.29 is 9.59 Å². The lowest BCUT2D eigenvalue weighted by atomic mass is 10.0. The molecule has 0 unspecified atom stereocenters. The summed E-state index contributed by atoms with van der Waals surface area (Å²) in [6.07, 6.45) is 5.09. The predicted octanol–water partition coefficient (Wildman–Crippen LogP) is 3.96. The van der Waals surface area contributed by atoms with Gasteiger partial charge in [-0.25, -0.2) is 0 Å². The molecule has 1 heterocycles. The minimum Gasteiger partial charge on any atom is -0.356 e. The summed E-state index contributed by atoms with van der Waals surface area (Å²) in [4.78, 5) is 26.0. The smallest absolute Gasteiger partial charge is 0.223 e. The second-order valence-corrected chi connectivity index (χ2v) is 7.40. The lowest BCUT2D eigenvalue weighted by Crippen LogP contribution is -2.32. The number of rotatable bonds is 6. The van der Waals surface area contributed by atoms with E-state index in [1.54, 1.807) is 6.07 Å². The molecule has 0 bridgehead atoms. The molecule has 1 saturated carbocycles. The molecule has 24 heavy (non-hydrogen) atoms. The second kappa shape index (κ2) is 7.75. The molecule has 6 heteroatoms. The van der Waals surface area contributed by atoms with Gasteiger partial charge < -0.3 is 10.2 Å². The topological polar surface area (TPSA) is 49.4 Å². The van der Waals surface area contributed by atoms with Crippen LogP contribution in [-0.2, 0) is 9.59 Å². The van der Waals surface area contributed by atoms with Gasteiger partial charge in [0.25, 0.3) is 0 Å². The van der Waals surface area contributed by atoms with Crippen LogP contribution in [0.3, 0.4) is 0 Å². The summed E-state index contributed by atoms with van der Waals surface area (Å²) < 4.78 is 0. The van der Waals surface area contributed by atoms with Crippen molar-refractivity contribution in [2.45, 2.75) is 44.6 Å². The monoisotopic (exact) mass is 368 g/mol. The molecular weight excluding hydrogens is 347 g/mol. The molecule has 2 aliphatic rings. The zero-order valence-electron chi connectivity index (χ0n) is 13.6. The Kier molecular flexibility index (Phi) is 5.67. The van der Waals surface area contributed by atoms with Crippen LogP contribution in [-0.4, -0.2) is 29.8 Å². The molecule has 130 valence electrons. The largest absolute Gasteiger partial charge is 0.356 e. The fourth-order valence-electron chi connectivity index (χ4n) is 3.22. The highest BCUT2D eigenvalue weighted by Gasteiger charge is 2.31. The first kappa shape index (κ1) is 17.6. The summed E-state index contributed by atoms with van der Waals surface area (Å²) in [5.74, 6) is 0.500. The van der Waals surface area contributed by atoms with Crippen LogP contribution >= 0.6 is 23.2 Å². The fraction of sp³-hybridized carbons (Fsp3) is 0.556. The number of carbonyl (C=O) groups is 2. The van der Waals surface area contributed by atoms with Crippen LogP contribution < -0.4 is 5.32 Å². The van der Waals surface area contributed by atoms with Crippen molar-refractivity contribution in [1.29, 1.82) is 0 Å². The fourth-order valence-corrected chi connectivity index (χ4v) is 3.52. The van der Waals surface area contributed by atoms with Gasteiger partial charge in [-0.15, -0.1) is 0 Å². The van der Waals surface area contributed by atoms with Crippen LogP contribution in [0.4, 0.5) is 0 Å². The molecule has 1 aromatic carbocycles. The summed E-state index contributed by atoms with van der Waals surface area (Å²) >= 11 is 12.1. The Labute approximate surface area is 152 Å². The molecule has 4 nitrogen and oxygen atoms in total. The number of amides is 2. The molecule has 1 aromatic rings. The van der Waals surface area contributed by atoms with E-state index >= 15 is 0 Å². The van der Waals surface area contributed by atoms with Crippen molar-refractivity contribution in [3.05, 3.63) is 33.8 Å². The van der Waals surface area contributed by atoms with Crippen LogP contribution in [0.2, 0.25) is 10.0 Å². The molecule has 0 radical (unpaired) electrons. The maximum atomic E-state index is 12.5. The summed E-state index contributed by atoms with van der Waals surface area (Å²) in [5.41, 5.74) is 1.04. The van der Waals surface area contributed by atoms with Gasteiger partial charge in [0.15, 0.2) is 0 Å². The standard InChI is InChI=1S/C18H22Cl2N2O2/c19-14-8-7-13(11-15(14)20)16-3-2-10-22(16)17(23)4-1-9-21-18(24)12-5-6-12/h7-8,11-12,16H,1-6,9-10H2,(H,21,24)/t16-/m1/s1. The molecule has 2 amide bonds. The Morgan fingerprint density at radius 1 is 1.17 bits per heavy atom. The molecular formula is C18H22Cl2N2O2. The normalized spacial score (nSPS) is 20.2. The number of nitrogens with zero attached hydrogens (tertiary/aromatic N) is 1. The maximum absolute atomic E-state index is 12.5. The maximum Gasteiger partial charge on any atom is 0.223 e. The number of carbonyl (C=O) groups excluding carboxylic acids is 2. The van der Waals surface area contributed by atoms with Crippen molar-refractivity contribution in [2.75, 3.05) is 13.1 Å². The Hall–Kier alpha value is -1.26. The van der Waals surface area contributed by atoms with Gasteiger partial charge in [0.05, 0.1) is 16.1 Å². The van der Waals surface area contributed by atoms with Crippen molar-refractivity contribution in [3.63, 3.8) is 0 Å². The summed E-state index contributed by atoms with van der Waals surface area (Å²) in [7, 11) is 0. The number of nitrogens with one attached hydrogen (secondary N) is 1. The average Bonchev–Trinajstić information content (AvgIpc) is 3.31. The van der Waals surface area contributed by atoms with Crippen LogP contribution in [0, 0.1) is 5.92 Å². The van der Waals surface area contributed by atoms with E-state index in [1.165, 1.54) is 0 Å². The van der Waals surface area contributed by atoms with E-state index in [-0.39, 0.29) is 23.8 Å². The van der Waals surface area contributed by atoms with Crippen molar-refractivity contribution >= 4 is 35.0 Å². The molecule has 3 rings (SSSR count). The second-order valence-electron chi connectivity index (χ2n) is 6.59. The van der Waals surface area contributed by atoms with Crippen molar-refractivity contribution in [2.24, 2.45) is 5.92 Å². The van der Waals surface area contributed by atoms with Gasteiger partial charge in [0, 0.05) is 25.4 Å². The highest BCUT2D eigenvalue weighted by Crippen LogP contribution is 2.35. The lowest BCUT2D eigenvalue weighted by Gasteiger charge is -2.25. The van der Waals surface area contributed by atoms with E-state index in [4.69, 9.17) is 23.2 Å². The van der Waals surface area contributed by atoms with E-state index in [1.807, 2.05) is 17.0 Å². The minimum absolute atomic E-state index is 0.0771. The summed E-state index contributed by atoms with van der Waals surface area (Å²) in [6.45, 7) is 1.35. The SMILES string of the molecule is O=C(NCCCC(=O)N1CCC[C@@H]1c1ccc(Cl)c(Cl)c1)C1CC1. The lowest BCUT2D eigenvalue weighted by molar-refractivity contribution is -0.132.